The second-order valence-electron chi connectivity index (χ2n) is 5.12. The molecule has 0 amide bonds. The molecule has 0 heterocycles. The Hall–Kier alpha value is -1.32. The first-order valence-corrected chi connectivity index (χ1v) is 7.65. The molecule has 2 aromatic carbocycles. The van der Waals surface area contributed by atoms with Crippen molar-refractivity contribution in [2.75, 3.05) is 18.5 Å². The zero-order valence-electron chi connectivity index (χ0n) is 12.0. The van der Waals surface area contributed by atoms with E-state index < -0.39 is 0 Å². The van der Waals surface area contributed by atoms with Gasteiger partial charge in [0.05, 0.1) is 0 Å². The molecule has 20 heavy (non-hydrogen) atoms. The SMILES string of the molecule is Cc1ccccc1N(C)CCC(N)c1ccccc1Br. The zero-order chi connectivity index (χ0) is 14.5. The molecule has 0 saturated heterocycles. The highest BCUT2D eigenvalue weighted by Gasteiger charge is 2.11. The predicted octanol–water partition coefficient (Wildman–Crippen LogP) is 4.28. The average Bonchev–Trinajstić information content (AvgIpc) is 2.45. The third-order valence-electron chi connectivity index (χ3n) is 3.61. The van der Waals surface area contributed by atoms with E-state index in [9.17, 15) is 0 Å². The summed E-state index contributed by atoms with van der Waals surface area (Å²) in [7, 11) is 2.12. The maximum absolute atomic E-state index is 6.30. The molecule has 0 aliphatic rings. The molecule has 0 fully saturated rings. The van der Waals surface area contributed by atoms with E-state index in [-0.39, 0.29) is 6.04 Å². The van der Waals surface area contributed by atoms with Crippen molar-refractivity contribution in [1.29, 1.82) is 0 Å². The highest BCUT2D eigenvalue weighted by molar-refractivity contribution is 9.10. The second-order valence-corrected chi connectivity index (χ2v) is 5.98. The number of hydrogen-bond donors (Lipinski definition) is 1. The van der Waals surface area contributed by atoms with Gasteiger partial charge in [0, 0.05) is 29.8 Å². The van der Waals surface area contributed by atoms with Crippen molar-refractivity contribution in [1.82, 2.24) is 0 Å². The molecule has 0 radical (unpaired) electrons. The Morgan fingerprint density at radius 1 is 1.10 bits per heavy atom. The van der Waals surface area contributed by atoms with E-state index in [1.807, 2.05) is 18.2 Å². The number of hydrogen-bond acceptors (Lipinski definition) is 2. The largest absolute Gasteiger partial charge is 0.374 e. The van der Waals surface area contributed by atoms with Gasteiger partial charge in [0.2, 0.25) is 0 Å². The van der Waals surface area contributed by atoms with Crippen molar-refractivity contribution >= 4 is 21.6 Å². The van der Waals surface area contributed by atoms with Crippen LogP contribution in [-0.2, 0) is 0 Å². The van der Waals surface area contributed by atoms with E-state index in [4.69, 9.17) is 5.73 Å². The summed E-state index contributed by atoms with van der Waals surface area (Å²) in [6.45, 7) is 3.08. The summed E-state index contributed by atoms with van der Waals surface area (Å²) in [6.07, 6.45) is 0.924. The molecule has 0 aromatic heterocycles. The molecule has 2 N–H and O–H groups in total. The first kappa shape index (κ1) is 15.1. The van der Waals surface area contributed by atoms with Crippen LogP contribution in [-0.4, -0.2) is 13.6 Å². The number of halogens is 1. The minimum atomic E-state index is 0.0528. The van der Waals surface area contributed by atoms with Crippen LogP contribution in [0, 0.1) is 6.92 Å². The molecule has 2 nitrogen and oxygen atoms in total. The highest BCUT2D eigenvalue weighted by Crippen LogP contribution is 2.25. The van der Waals surface area contributed by atoms with Crippen LogP contribution in [0.3, 0.4) is 0 Å². The molecule has 1 unspecified atom stereocenters. The molecule has 0 saturated carbocycles. The quantitative estimate of drug-likeness (QED) is 0.885. The number of para-hydroxylation sites is 1. The number of nitrogens with zero attached hydrogens (tertiary/aromatic N) is 1. The van der Waals surface area contributed by atoms with Crippen molar-refractivity contribution in [2.24, 2.45) is 5.73 Å². The Kier molecular flexibility index (Phi) is 5.21. The molecule has 0 spiro atoms. The molecule has 2 aromatic rings. The van der Waals surface area contributed by atoms with E-state index in [1.54, 1.807) is 0 Å². The molecule has 1 atom stereocenters. The van der Waals surface area contributed by atoms with Crippen LogP contribution in [0.15, 0.2) is 53.0 Å². The van der Waals surface area contributed by atoms with Crippen LogP contribution in [0.5, 0.6) is 0 Å². The summed E-state index contributed by atoms with van der Waals surface area (Å²) < 4.78 is 1.09. The lowest BCUT2D eigenvalue weighted by Gasteiger charge is -2.23. The van der Waals surface area contributed by atoms with Crippen LogP contribution >= 0.6 is 15.9 Å². The topological polar surface area (TPSA) is 29.3 Å². The minimum Gasteiger partial charge on any atom is -0.374 e. The maximum atomic E-state index is 6.30. The Balaban J connectivity index is 1.99. The van der Waals surface area contributed by atoms with Crippen molar-refractivity contribution < 1.29 is 0 Å². The number of rotatable bonds is 5. The van der Waals surface area contributed by atoms with Gasteiger partial charge in [0.25, 0.3) is 0 Å². The molecule has 2 rings (SSSR count). The number of nitrogens with two attached hydrogens (primary N) is 1. The van der Waals surface area contributed by atoms with E-state index in [0.29, 0.717) is 0 Å². The third kappa shape index (κ3) is 3.62. The average molecular weight is 333 g/mol. The standard InChI is InChI=1S/C17H21BrN2/c1-13-7-3-6-10-17(13)20(2)12-11-16(19)14-8-4-5-9-15(14)18/h3-10,16H,11-12,19H2,1-2H3. The fourth-order valence-corrected chi connectivity index (χ4v) is 2.96. The minimum absolute atomic E-state index is 0.0528. The molecule has 0 aliphatic heterocycles. The van der Waals surface area contributed by atoms with Crippen LogP contribution < -0.4 is 10.6 Å². The smallest absolute Gasteiger partial charge is 0.0393 e. The van der Waals surface area contributed by atoms with E-state index in [1.165, 1.54) is 16.8 Å². The van der Waals surface area contributed by atoms with Gasteiger partial charge in [-0.1, -0.05) is 52.3 Å². The molecule has 0 bridgehead atoms. The fraction of sp³-hybridized carbons (Fsp3) is 0.294. The summed E-state index contributed by atoms with van der Waals surface area (Å²) in [4.78, 5) is 2.27. The van der Waals surface area contributed by atoms with Gasteiger partial charge < -0.3 is 10.6 Å². The van der Waals surface area contributed by atoms with Crippen LogP contribution in [0.2, 0.25) is 0 Å². The van der Waals surface area contributed by atoms with E-state index in [2.05, 4.69) is 65.1 Å². The summed E-state index contributed by atoms with van der Waals surface area (Å²) in [5.74, 6) is 0. The van der Waals surface area contributed by atoms with Crippen LogP contribution in [0.4, 0.5) is 5.69 Å². The molecule has 0 aliphatic carbocycles. The van der Waals surface area contributed by atoms with Gasteiger partial charge in [-0.3, -0.25) is 0 Å². The Bertz CT molecular complexity index is 517. The monoisotopic (exact) mass is 332 g/mol. The number of anilines is 1. The van der Waals surface area contributed by atoms with Crippen LogP contribution in [0.25, 0.3) is 0 Å². The zero-order valence-corrected chi connectivity index (χ0v) is 13.6. The lowest BCUT2D eigenvalue weighted by molar-refractivity contribution is 0.643. The van der Waals surface area contributed by atoms with Crippen molar-refractivity contribution in [3.8, 4) is 0 Å². The predicted molar refractivity (Wildman–Crippen MR) is 90.1 cm³/mol. The fourth-order valence-electron chi connectivity index (χ4n) is 2.38. The van der Waals surface area contributed by atoms with Crippen molar-refractivity contribution in [3.63, 3.8) is 0 Å². The van der Waals surface area contributed by atoms with Gasteiger partial charge in [0.1, 0.15) is 0 Å². The lowest BCUT2D eigenvalue weighted by Crippen LogP contribution is -2.24. The van der Waals surface area contributed by atoms with Gasteiger partial charge in [-0.15, -0.1) is 0 Å². The Morgan fingerprint density at radius 2 is 1.75 bits per heavy atom. The van der Waals surface area contributed by atoms with Gasteiger partial charge in [0.15, 0.2) is 0 Å². The van der Waals surface area contributed by atoms with Crippen LogP contribution in [0.1, 0.15) is 23.6 Å². The normalized spacial score (nSPS) is 12.2. The van der Waals surface area contributed by atoms with E-state index >= 15 is 0 Å². The van der Waals surface area contributed by atoms with Gasteiger partial charge in [-0.2, -0.15) is 0 Å². The first-order chi connectivity index (χ1) is 9.59. The molecule has 3 heteroatoms. The Labute approximate surface area is 129 Å². The second kappa shape index (κ2) is 6.91. The van der Waals surface area contributed by atoms with Crippen molar-refractivity contribution in [3.05, 3.63) is 64.1 Å². The van der Waals surface area contributed by atoms with Gasteiger partial charge in [-0.25, -0.2) is 0 Å². The first-order valence-electron chi connectivity index (χ1n) is 6.86. The third-order valence-corrected chi connectivity index (χ3v) is 4.33. The number of benzene rings is 2. The molecular formula is C17H21BrN2. The summed E-state index contributed by atoms with van der Waals surface area (Å²) >= 11 is 3.57. The van der Waals surface area contributed by atoms with E-state index in [0.717, 1.165) is 17.4 Å². The summed E-state index contributed by atoms with van der Waals surface area (Å²) in [6, 6.07) is 16.7. The van der Waals surface area contributed by atoms with Gasteiger partial charge in [-0.05, 0) is 36.6 Å². The lowest BCUT2D eigenvalue weighted by atomic mass is 10.0. The Morgan fingerprint density at radius 3 is 2.45 bits per heavy atom. The molecular weight excluding hydrogens is 312 g/mol. The summed E-state index contributed by atoms with van der Waals surface area (Å²) in [5, 5.41) is 0. The maximum Gasteiger partial charge on any atom is 0.0393 e. The van der Waals surface area contributed by atoms with Crippen molar-refractivity contribution in [2.45, 2.75) is 19.4 Å². The summed E-state index contributed by atoms with van der Waals surface area (Å²) in [5.41, 5.74) is 10.0. The number of aryl methyl sites for hydroxylation is 1. The molecule has 106 valence electrons. The van der Waals surface area contributed by atoms with Gasteiger partial charge >= 0.3 is 0 Å². The highest BCUT2D eigenvalue weighted by atomic mass is 79.9.